The molecule has 0 saturated carbocycles. The van der Waals surface area contributed by atoms with Gasteiger partial charge in [0, 0.05) is 16.3 Å². The quantitative estimate of drug-likeness (QED) is 0.832. The summed E-state index contributed by atoms with van der Waals surface area (Å²) >= 11 is 0. The summed E-state index contributed by atoms with van der Waals surface area (Å²) in [6.07, 6.45) is 0.744. The van der Waals surface area contributed by atoms with Gasteiger partial charge in [-0.1, -0.05) is 31.2 Å². The summed E-state index contributed by atoms with van der Waals surface area (Å²) in [5, 5.41) is 11.3. The molecule has 0 radical (unpaired) electrons. The van der Waals surface area contributed by atoms with Gasteiger partial charge in [-0.05, 0) is 12.5 Å². The van der Waals surface area contributed by atoms with Crippen LogP contribution in [-0.2, 0) is 0 Å². The summed E-state index contributed by atoms with van der Waals surface area (Å²) in [6.45, 7) is 2.00. The predicted octanol–water partition coefficient (Wildman–Crippen LogP) is 3.87. The van der Waals surface area contributed by atoms with Crippen LogP contribution in [0.15, 0.2) is 30.3 Å². The van der Waals surface area contributed by atoms with Gasteiger partial charge in [-0.3, -0.25) is 0 Å². The highest BCUT2D eigenvalue weighted by molar-refractivity contribution is 5.94. The van der Waals surface area contributed by atoms with Gasteiger partial charge in [-0.15, -0.1) is 0 Å². The molecular weight excluding hydrogens is 238 g/mol. The molecule has 0 aromatic heterocycles. The largest absolute Gasteiger partial charge is 0.496 e. The molecule has 0 saturated heterocycles. The fraction of sp³-hybridized carbons (Fsp3) is 0.312. The zero-order valence-electron chi connectivity index (χ0n) is 11.4. The monoisotopic (exact) mass is 255 g/mol. The number of rotatable bonds is 4. The lowest BCUT2D eigenvalue weighted by Gasteiger charge is -2.17. The van der Waals surface area contributed by atoms with Gasteiger partial charge in [0.2, 0.25) is 0 Å². The summed E-state index contributed by atoms with van der Waals surface area (Å²) in [7, 11) is 3.28. The molecule has 0 spiro atoms. The highest BCUT2D eigenvalue weighted by Gasteiger charge is 2.19. The third-order valence-electron chi connectivity index (χ3n) is 3.35. The van der Waals surface area contributed by atoms with E-state index in [1.807, 2.05) is 37.3 Å². The van der Waals surface area contributed by atoms with Crippen LogP contribution in [0.5, 0.6) is 11.5 Å². The third kappa shape index (κ3) is 2.22. The smallest absolute Gasteiger partial charge is 0.131 e. The summed E-state index contributed by atoms with van der Waals surface area (Å²) in [5.41, 5.74) is 0.892. The molecule has 2 aromatic rings. The number of benzene rings is 2. The van der Waals surface area contributed by atoms with Crippen LogP contribution in [0.25, 0.3) is 10.8 Å². The average Bonchev–Trinajstić information content (AvgIpc) is 2.47. The van der Waals surface area contributed by atoms with E-state index in [4.69, 9.17) is 9.47 Å². The van der Waals surface area contributed by atoms with Gasteiger partial charge in [-0.2, -0.15) is 5.26 Å². The van der Waals surface area contributed by atoms with Crippen LogP contribution in [0.3, 0.4) is 0 Å². The first kappa shape index (κ1) is 13.2. The summed E-state index contributed by atoms with van der Waals surface area (Å²) in [4.78, 5) is 0. The molecule has 1 unspecified atom stereocenters. The van der Waals surface area contributed by atoms with E-state index in [1.165, 1.54) is 0 Å². The van der Waals surface area contributed by atoms with Crippen molar-refractivity contribution in [1.82, 2.24) is 0 Å². The number of nitrogens with zero attached hydrogens (tertiary/aromatic N) is 1. The van der Waals surface area contributed by atoms with Crippen LogP contribution >= 0.6 is 0 Å². The molecule has 19 heavy (non-hydrogen) atoms. The molecule has 0 N–H and O–H groups in total. The SMILES string of the molecule is CCC(C#N)c1cc(OC)c2ccccc2c1OC. The molecule has 0 aliphatic rings. The van der Waals surface area contributed by atoms with E-state index in [0.717, 1.165) is 34.3 Å². The van der Waals surface area contributed by atoms with Crippen LogP contribution in [-0.4, -0.2) is 14.2 Å². The van der Waals surface area contributed by atoms with E-state index in [1.54, 1.807) is 14.2 Å². The van der Waals surface area contributed by atoms with E-state index in [2.05, 4.69) is 6.07 Å². The highest BCUT2D eigenvalue weighted by atomic mass is 16.5. The summed E-state index contributed by atoms with van der Waals surface area (Å²) < 4.78 is 11.0. The molecule has 1 atom stereocenters. The second kappa shape index (κ2) is 5.62. The fourth-order valence-electron chi connectivity index (χ4n) is 2.37. The molecule has 98 valence electrons. The van der Waals surface area contributed by atoms with Crippen molar-refractivity contribution in [3.05, 3.63) is 35.9 Å². The Morgan fingerprint density at radius 1 is 1.16 bits per heavy atom. The van der Waals surface area contributed by atoms with Gasteiger partial charge in [0.05, 0.1) is 26.2 Å². The number of hydrogen-bond donors (Lipinski definition) is 0. The lowest BCUT2D eigenvalue weighted by molar-refractivity contribution is 0.404. The molecule has 2 aromatic carbocycles. The van der Waals surface area contributed by atoms with Crippen molar-refractivity contribution in [2.24, 2.45) is 0 Å². The van der Waals surface area contributed by atoms with Gasteiger partial charge in [0.15, 0.2) is 0 Å². The molecule has 0 bridgehead atoms. The minimum Gasteiger partial charge on any atom is -0.496 e. The Bertz CT molecular complexity index is 628. The maximum atomic E-state index is 9.29. The van der Waals surface area contributed by atoms with Crippen molar-refractivity contribution >= 4 is 10.8 Å². The number of fused-ring (bicyclic) bond motifs is 1. The second-order valence-corrected chi connectivity index (χ2v) is 4.34. The van der Waals surface area contributed by atoms with Gasteiger partial charge >= 0.3 is 0 Å². The molecule has 0 amide bonds. The van der Waals surface area contributed by atoms with Crippen molar-refractivity contribution in [2.75, 3.05) is 14.2 Å². The normalized spacial score (nSPS) is 11.9. The van der Waals surface area contributed by atoms with Crippen molar-refractivity contribution in [1.29, 1.82) is 5.26 Å². The molecule has 0 heterocycles. The molecule has 0 aliphatic heterocycles. The van der Waals surface area contributed by atoms with E-state index >= 15 is 0 Å². The molecular formula is C16H17NO2. The first-order chi connectivity index (χ1) is 9.26. The Kier molecular flexibility index (Phi) is 3.91. The minimum atomic E-state index is -0.187. The maximum Gasteiger partial charge on any atom is 0.131 e. The van der Waals surface area contributed by atoms with Crippen molar-refractivity contribution in [3.63, 3.8) is 0 Å². The van der Waals surface area contributed by atoms with Gasteiger partial charge in [-0.25, -0.2) is 0 Å². The van der Waals surface area contributed by atoms with Crippen LogP contribution in [0.2, 0.25) is 0 Å². The molecule has 0 fully saturated rings. The number of hydrogen-bond acceptors (Lipinski definition) is 3. The standard InChI is InChI=1S/C16H17NO2/c1-4-11(10-17)14-9-15(18-2)12-7-5-6-8-13(12)16(14)19-3/h5-9,11H,4H2,1-3H3. The predicted molar refractivity (Wildman–Crippen MR) is 75.7 cm³/mol. The van der Waals surface area contributed by atoms with Crippen LogP contribution < -0.4 is 9.47 Å². The Morgan fingerprint density at radius 3 is 2.37 bits per heavy atom. The molecule has 3 heteroatoms. The third-order valence-corrected chi connectivity index (χ3v) is 3.35. The Hall–Kier alpha value is -2.21. The van der Waals surface area contributed by atoms with Crippen molar-refractivity contribution in [3.8, 4) is 17.6 Å². The number of ether oxygens (including phenoxy) is 2. The molecule has 0 aliphatic carbocycles. The lowest BCUT2D eigenvalue weighted by Crippen LogP contribution is -2.00. The van der Waals surface area contributed by atoms with E-state index in [-0.39, 0.29) is 5.92 Å². The zero-order valence-corrected chi connectivity index (χ0v) is 11.4. The van der Waals surface area contributed by atoms with Gasteiger partial charge < -0.3 is 9.47 Å². The van der Waals surface area contributed by atoms with Crippen LogP contribution in [0, 0.1) is 11.3 Å². The fourth-order valence-corrected chi connectivity index (χ4v) is 2.37. The zero-order chi connectivity index (χ0) is 13.8. The summed E-state index contributed by atoms with van der Waals surface area (Å²) in [6, 6.07) is 12.1. The Balaban J connectivity index is 2.81. The second-order valence-electron chi connectivity index (χ2n) is 4.34. The Labute approximate surface area is 113 Å². The van der Waals surface area contributed by atoms with Gasteiger partial charge in [0.25, 0.3) is 0 Å². The van der Waals surface area contributed by atoms with E-state index in [0.29, 0.717) is 0 Å². The first-order valence-corrected chi connectivity index (χ1v) is 6.30. The minimum absolute atomic E-state index is 0.187. The molecule has 2 rings (SSSR count). The van der Waals surface area contributed by atoms with Crippen LogP contribution in [0.4, 0.5) is 0 Å². The van der Waals surface area contributed by atoms with Crippen LogP contribution in [0.1, 0.15) is 24.8 Å². The van der Waals surface area contributed by atoms with E-state index in [9.17, 15) is 5.26 Å². The number of nitriles is 1. The first-order valence-electron chi connectivity index (χ1n) is 6.30. The van der Waals surface area contributed by atoms with Crippen molar-refractivity contribution < 1.29 is 9.47 Å². The maximum absolute atomic E-state index is 9.29. The average molecular weight is 255 g/mol. The molecule has 3 nitrogen and oxygen atoms in total. The Morgan fingerprint density at radius 2 is 1.84 bits per heavy atom. The lowest BCUT2D eigenvalue weighted by atomic mass is 9.93. The summed E-state index contributed by atoms with van der Waals surface area (Å²) in [5.74, 6) is 1.36. The highest BCUT2D eigenvalue weighted by Crippen LogP contribution is 2.40. The van der Waals surface area contributed by atoms with E-state index < -0.39 is 0 Å². The topological polar surface area (TPSA) is 42.2 Å². The van der Waals surface area contributed by atoms with Crippen molar-refractivity contribution in [2.45, 2.75) is 19.3 Å². The number of methoxy groups -OCH3 is 2. The van der Waals surface area contributed by atoms with Gasteiger partial charge in [0.1, 0.15) is 11.5 Å².